The molecule has 0 saturated heterocycles. The number of rotatable bonds is 7. The highest BCUT2D eigenvalue weighted by Gasteiger charge is 2.15. The molecule has 8 heteroatoms. The Morgan fingerprint density at radius 3 is 2.65 bits per heavy atom. The third-order valence-corrected chi connectivity index (χ3v) is 3.81. The standard InChI is InChI=1S/C12H16FNO5S/c1-18-11-8-9(13)5-6-10(11)14-20(16,17)7-3-4-12(15)19-2/h5-6,8,14H,3-4,7H2,1-2H3. The molecule has 1 rings (SSSR count). The second kappa shape index (κ2) is 7.09. The lowest BCUT2D eigenvalue weighted by molar-refractivity contribution is -0.140. The van der Waals surface area contributed by atoms with E-state index in [2.05, 4.69) is 9.46 Å². The van der Waals surface area contributed by atoms with Gasteiger partial charge >= 0.3 is 5.97 Å². The molecule has 0 spiro atoms. The summed E-state index contributed by atoms with van der Waals surface area (Å²) in [5.41, 5.74) is 0.145. The van der Waals surface area contributed by atoms with Gasteiger partial charge in [-0.25, -0.2) is 12.8 Å². The first kappa shape index (κ1) is 16.2. The lowest BCUT2D eigenvalue weighted by Gasteiger charge is -2.11. The Morgan fingerprint density at radius 2 is 2.05 bits per heavy atom. The number of methoxy groups -OCH3 is 2. The Bertz CT molecular complexity index is 573. The SMILES string of the molecule is COC(=O)CCCS(=O)(=O)Nc1ccc(F)cc1OC. The number of anilines is 1. The van der Waals surface area contributed by atoms with Crippen LogP contribution in [0.25, 0.3) is 0 Å². The highest BCUT2D eigenvalue weighted by atomic mass is 32.2. The minimum atomic E-state index is -3.64. The van der Waals surface area contributed by atoms with E-state index in [0.717, 1.165) is 12.1 Å². The molecule has 1 aromatic carbocycles. The van der Waals surface area contributed by atoms with Gasteiger partial charge in [-0.1, -0.05) is 0 Å². The molecule has 0 unspecified atom stereocenters. The molecule has 0 aromatic heterocycles. The van der Waals surface area contributed by atoms with E-state index < -0.39 is 21.8 Å². The Kier molecular flexibility index (Phi) is 5.75. The maximum atomic E-state index is 13.0. The van der Waals surface area contributed by atoms with E-state index >= 15 is 0 Å². The van der Waals surface area contributed by atoms with Crippen LogP contribution in [0.15, 0.2) is 18.2 Å². The Balaban J connectivity index is 2.69. The van der Waals surface area contributed by atoms with Crippen LogP contribution in [0.5, 0.6) is 5.75 Å². The minimum absolute atomic E-state index is 0.0119. The van der Waals surface area contributed by atoms with Crippen LogP contribution in [0, 0.1) is 5.82 Å². The van der Waals surface area contributed by atoms with Gasteiger partial charge in [-0.05, 0) is 18.6 Å². The second-order valence-electron chi connectivity index (χ2n) is 3.95. The second-order valence-corrected chi connectivity index (χ2v) is 5.79. The molecule has 0 atom stereocenters. The molecule has 0 radical (unpaired) electrons. The average molecular weight is 305 g/mol. The minimum Gasteiger partial charge on any atom is -0.494 e. The summed E-state index contributed by atoms with van der Waals surface area (Å²) in [5, 5.41) is 0. The van der Waals surface area contributed by atoms with Crippen molar-refractivity contribution in [1.82, 2.24) is 0 Å². The van der Waals surface area contributed by atoms with Gasteiger partial charge in [-0.15, -0.1) is 0 Å². The van der Waals surface area contributed by atoms with Gasteiger partial charge in [0.05, 0.1) is 25.7 Å². The first-order valence-electron chi connectivity index (χ1n) is 5.79. The number of carbonyl (C=O) groups is 1. The van der Waals surface area contributed by atoms with Crippen molar-refractivity contribution in [2.45, 2.75) is 12.8 Å². The number of carbonyl (C=O) groups excluding carboxylic acids is 1. The van der Waals surface area contributed by atoms with Gasteiger partial charge in [0.1, 0.15) is 11.6 Å². The van der Waals surface area contributed by atoms with Crippen molar-refractivity contribution in [3.8, 4) is 5.75 Å². The summed E-state index contributed by atoms with van der Waals surface area (Å²) in [5.74, 6) is -1.17. The fourth-order valence-electron chi connectivity index (χ4n) is 1.48. The fourth-order valence-corrected chi connectivity index (χ4v) is 2.61. The fraction of sp³-hybridized carbons (Fsp3) is 0.417. The number of esters is 1. The lowest BCUT2D eigenvalue weighted by atomic mass is 10.3. The van der Waals surface area contributed by atoms with E-state index in [-0.39, 0.29) is 30.0 Å². The van der Waals surface area contributed by atoms with Crippen LogP contribution in [-0.4, -0.2) is 34.4 Å². The summed E-state index contributed by atoms with van der Waals surface area (Å²) in [4.78, 5) is 10.9. The van der Waals surface area contributed by atoms with Crippen LogP contribution in [0.2, 0.25) is 0 Å². The van der Waals surface area contributed by atoms with E-state index in [9.17, 15) is 17.6 Å². The molecule has 1 N–H and O–H groups in total. The van der Waals surface area contributed by atoms with Crippen molar-refractivity contribution in [3.05, 3.63) is 24.0 Å². The number of hydrogen-bond donors (Lipinski definition) is 1. The van der Waals surface area contributed by atoms with Crippen LogP contribution in [-0.2, 0) is 19.6 Å². The van der Waals surface area contributed by atoms with Gasteiger partial charge in [-0.3, -0.25) is 9.52 Å². The number of hydrogen-bond acceptors (Lipinski definition) is 5. The largest absolute Gasteiger partial charge is 0.494 e. The van der Waals surface area contributed by atoms with E-state index in [1.54, 1.807) is 0 Å². The molecule has 6 nitrogen and oxygen atoms in total. The predicted octanol–water partition coefficient (Wildman–Crippen LogP) is 1.53. The predicted molar refractivity (Wildman–Crippen MR) is 71.6 cm³/mol. The average Bonchev–Trinajstić information content (AvgIpc) is 2.40. The maximum Gasteiger partial charge on any atom is 0.305 e. The van der Waals surface area contributed by atoms with E-state index in [1.165, 1.54) is 20.3 Å². The number of sulfonamides is 1. The molecule has 0 aliphatic heterocycles. The van der Waals surface area contributed by atoms with Crippen LogP contribution >= 0.6 is 0 Å². The van der Waals surface area contributed by atoms with Crippen LogP contribution < -0.4 is 9.46 Å². The molecule has 0 fully saturated rings. The topological polar surface area (TPSA) is 81.7 Å². The molecule has 20 heavy (non-hydrogen) atoms. The molecule has 112 valence electrons. The van der Waals surface area contributed by atoms with Gasteiger partial charge in [0.2, 0.25) is 10.0 Å². The highest BCUT2D eigenvalue weighted by Crippen LogP contribution is 2.26. The Labute approximate surface area is 116 Å². The third-order valence-electron chi connectivity index (χ3n) is 2.45. The zero-order valence-electron chi connectivity index (χ0n) is 11.2. The van der Waals surface area contributed by atoms with Crippen LogP contribution in [0.3, 0.4) is 0 Å². The zero-order valence-corrected chi connectivity index (χ0v) is 12.0. The van der Waals surface area contributed by atoms with Crippen molar-refractivity contribution < 1.29 is 27.1 Å². The Morgan fingerprint density at radius 1 is 1.35 bits per heavy atom. The molecule has 0 heterocycles. The van der Waals surface area contributed by atoms with Crippen molar-refractivity contribution in [2.75, 3.05) is 24.7 Å². The summed E-state index contributed by atoms with van der Waals surface area (Å²) >= 11 is 0. The summed E-state index contributed by atoms with van der Waals surface area (Å²) in [7, 11) is -1.10. The normalized spacial score (nSPS) is 10.9. The van der Waals surface area contributed by atoms with Gasteiger partial charge in [0, 0.05) is 12.5 Å². The molecular formula is C12H16FNO5S. The number of halogens is 1. The van der Waals surface area contributed by atoms with E-state index in [1.807, 2.05) is 0 Å². The quantitative estimate of drug-likeness (QED) is 0.773. The summed E-state index contributed by atoms with van der Waals surface area (Å²) in [6.07, 6.45) is 0.142. The van der Waals surface area contributed by atoms with Crippen molar-refractivity contribution in [2.24, 2.45) is 0 Å². The summed E-state index contributed by atoms with van der Waals surface area (Å²) in [6.45, 7) is 0. The summed E-state index contributed by atoms with van der Waals surface area (Å²) in [6, 6.07) is 3.47. The molecule has 0 aliphatic carbocycles. The van der Waals surface area contributed by atoms with Crippen LogP contribution in [0.1, 0.15) is 12.8 Å². The van der Waals surface area contributed by atoms with Crippen LogP contribution in [0.4, 0.5) is 10.1 Å². The number of ether oxygens (including phenoxy) is 2. The molecular weight excluding hydrogens is 289 g/mol. The van der Waals surface area contributed by atoms with Crippen molar-refractivity contribution in [3.63, 3.8) is 0 Å². The van der Waals surface area contributed by atoms with Gasteiger partial charge in [0.25, 0.3) is 0 Å². The lowest BCUT2D eigenvalue weighted by Crippen LogP contribution is -2.18. The van der Waals surface area contributed by atoms with E-state index in [4.69, 9.17) is 4.74 Å². The van der Waals surface area contributed by atoms with Gasteiger partial charge in [0.15, 0.2) is 0 Å². The van der Waals surface area contributed by atoms with Gasteiger partial charge < -0.3 is 9.47 Å². The molecule has 0 amide bonds. The van der Waals surface area contributed by atoms with E-state index in [0.29, 0.717) is 0 Å². The van der Waals surface area contributed by atoms with Gasteiger partial charge in [-0.2, -0.15) is 0 Å². The first-order valence-corrected chi connectivity index (χ1v) is 7.44. The highest BCUT2D eigenvalue weighted by molar-refractivity contribution is 7.92. The maximum absolute atomic E-state index is 13.0. The van der Waals surface area contributed by atoms with Crippen molar-refractivity contribution in [1.29, 1.82) is 0 Å². The number of nitrogens with one attached hydrogen (secondary N) is 1. The smallest absolute Gasteiger partial charge is 0.305 e. The van der Waals surface area contributed by atoms with Crippen molar-refractivity contribution >= 4 is 21.7 Å². The third kappa shape index (κ3) is 5.04. The summed E-state index contributed by atoms with van der Waals surface area (Å²) < 4.78 is 48.2. The zero-order chi connectivity index (χ0) is 15.2. The molecule has 1 aromatic rings. The monoisotopic (exact) mass is 305 g/mol. The number of benzene rings is 1. The molecule has 0 saturated carbocycles. The molecule has 0 bridgehead atoms. The Hall–Kier alpha value is -1.83. The molecule has 0 aliphatic rings. The first-order chi connectivity index (χ1) is 9.38.